The first kappa shape index (κ1) is 18.3. The van der Waals surface area contributed by atoms with E-state index in [9.17, 15) is 14.4 Å². The van der Waals surface area contributed by atoms with Crippen molar-refractivity contribution in [1.29, 1.82) is 0 Å². The number of benzene rings is 2. The predicted molar refractivity (Wildman–Crippen MR) is 115 cm³/mol. The smallest absolute Gasteiger partial charge is 0.271 e. The van der Waals surface area contributed by atoms with Gasteiger partial charge in [-0.3, -0.25) is 19.0 Å². The number of carbonyl (C=O) groups is 2. The predicted octanol–water partition coefficient (Wildman–Crippen LogP) is 1.60. The van der Waals surface area contributed by atoms with Crippen molar-refractivity contribution in [3.63, 3.8) is 0 Å². The van der Waals surface area contributed by atoms with Gasteiger partial charge in [-0.05, 0) is 26.0 Å². The summed E-state index contributed by atoms with van der Waals surface area (Å²) >= 11 is 1.16. The Bertz CT molecular complexity index is 1500. The number of carbonyl (C=O) groups excluding carboxylic acids is 2. The van der Waals surface area contributed by atoms with Crippen LogP contribution in [0.4, 0.5) is 5.69 Å². The van der Waals surface area contributed by atoms with Crippen LogP contribution in [-0.4, -0.2) is 22.0 Å². The second-order valence-electron chi connectivity index (χ2n) is 8.10. The van der Waals surface area contributed by atoms with Gasteiger partial charge in [0.1, 0.15) is 22.0 Å². The zero-order valence-electron chi connectivity index (χ0n) is 16.7. The van der Waals surface area contributed by atoms with Gasteiger partial charge >= 0.3 is 0 Å². The molecule has 1 amide bonds. The van der Waals surface area contributed by atoms with Crippen LogP contribution in [0.2, 0.25) is 0 Å². The number of Topliss-reactive ketones (excluding diaryl/α,β-unsaturated/α-hetero) is 1. The van der Waals surface area contributed by atoms with Crippen LogP contribution in [0.15, 0.2) is 58.3 Å². The topological polar surface area (TPSA) is 89.8 Å². The van der Waals surface area contributed by atoms with E-state index in [1.165, 1.54) is 6.92 Å². The molecule has 31 heavy (non-hydrogen) atoms. The van der Waals surface area contributed by atoms with E-state index < -0.39 is 17.7 Å². The molecule has 154 valence electrons. The summed E-state index contributed by atoms with van der Waals surface area (Å²) in [4.78, 5) is 44.3. The number of aromatic nitrogens is 1. The summed E-state index contributed by atoms with van der Waals surface area (Å²) in [5.41, 5.74) is 1.04. The molecule has 4 heterocycles. The van der Waals surface area contributed by atoms with E-state index in [4.69, 9.17) is 9.73 Å². The third-order valence-electron chi connectivity index (χ3n) is 6.19. The highest BCUT2D eigenvalue weighted by molar-refractivity contribution is 7.07. The minimum Gasteiger partial charge on any atom is -0.465 e. The summed E-state index contributed by atoms with van der Waals surface area (Å²) in [6.45, 7) is 3.28. The molecule has 0 aliphatic carbocycles. The SMILES string of the molecule is CC(=O)[C@H]1[C@H]2c3ccccc3O[C@]1(C)N=c1s/c(=C3\C(=O)Nc4ccccc43)c(=O)n12. The molecule has 2 bridgehead atoms. The summed E-state index contributed by atoms with van der Waals surface area (Å²) < 4.78 is 8.07. The molecule has 6 rings (SSSR count). The molecule has 0 radical (unpaired) electrons. The lowest BCUT2D eigenvalue weighted by Gasteiger charge is -2.45. The molecule has 3 aromatic rings. The van der Waals surface area contributed by atoms with Gasteiger partial charge in [-0.1, -0.05) is 47.7 Å². The summed E-state index contributed by atoms with van der Waals surface area (Å²) in [5.74, 6) is -0.456. The van der Waals surface area contributed by atoms with Crippen LogP contribution in [0, 0.1) is 5.92 Å². The molecule has 0 fully saturated rings. The minimum absolute atomic E-state index is 0.104. The second-order valence-corrected chi connectivity index (χ2v) is 9.08. The molecule has 3 atom stereocenters. The summed E-state index contributed by atoms with van der Waals surface area (Å²) in [5, 5.41) is 2.82. The van der Waals surface area contributed by atoms with E-state index in [0.717, 1.165) is 16.9 Å². The highest BCUT2D eigenvalue weighted by atomic mass is 32.1. The van der Waals surface area contributed by atoms with E-state index >= 15 is 0 Å². The van der Waals surface area contributed by atoms with Crippen molar-refractivity contribution in [2.24, 2.45) is 10.9 Å². The first-order chi connectivity index (χ1) is 14.9. The maximum atomic E-state index is 13.7. The quantitative estimate of drug-likeness (QED) is 0.634. The van der Waals surface area contributed by atoms with Gasteiger partial charge in [0.15, 0.2) is 4.80 Å². The Morgan fingerprint density at radius 2 is 1.90 bits per heavy atom. The van der Waals surface area contributed by atoms with Gasteiger partial charge in [0.25, 0.3) is 11.5 Å². The molecule has 2 aromatic carbocycles. The minimum atomic E-state index is -1.13. The van der Waals surface area contributed by atoms with Crippen LogP contribution >= 0.6 is 11.3 Å². The Morgan fingerprint density at radius 1 is 1.16 bits per heavy atom. The molecule has 7 nitrogen and oxygen atoms in total. The van der Waals surface area contributed by atoms with Gasteiger partial charge in [-0.2, -0.15) is 0 Å². The lowest BCUT2D eigenvalue weighted by Crippen LogP contribution is -2.58. The van der Waals surface area contributed by atoms with Gasteiger partial charge in [0.2, 0.25) is 5.72 Å². The molecular formula is C23H17N3O4S. The average molecular weight is 431 g/mol. The number of hydrogen-bond acceptors (Lipinski definition) is 6. The number of hydrogen-bond donors (Lipinski definition) is 1. The van der Waals surface area contributed by atoms with Crippen molar-refractivity contribution in [2.75, 3.05) is 5.32 Å². The van der Waals surface area contributed by atoms with Crippen molar-refractivity contribution in [3.05, 3.63) is 79.3 Å². The number of thiazole rings is 1. The largest absolute Gasteiger partial charge is 0.465 e. The van der Waals surface area contributed by atoms with Gasteiger partial charge in [-0.25, -0.2) is 4.99 Å². The van der Waals surface area contributed by atoms with Crippen LogP contribution in [0.25, 0.3) is 5.57 Å². The lowest BCUT2D eigenvalue weighted by atomic mass is 9.79. The van der Waals surface area contributed by atoms with Crippen molar-refractivity contribution in [3.8, 4) is 5.75 Å². The van der Waals surface area contributed by atoms with E-state index in [-0.39, 0.29) is 17.2 Å². The van der Waals surface area contributed by atoms with Crippen molar-refractivity contribution < 1.29 is 14.3 Å². The van der Waals surface area contributed by atoms with Gasteiger partial charge in [0.05, 0.1) is 11.6 Å². The van der Waals surface area contributed by atoms with Crippen molar-refractivity contribution in [1.82, 2.24) is 4.57 Å². The maximum absolute atomic E-state index is 13.7. The first-order valence-electron chi connectivity index (χ1n) is 9.94. The van der Waals surface area contributed by atoms with Crippen LogP contribution in [0.5, 0.6) is 5.75 Å². The molecule has 3 aliphatic rings. The molecule has 0 saturated heterocycles. The fourth-order valence-corrected chi connectivity index (χ4v) is 6.14. The zero-order chi connectivity index (χ0) is 21.5. The van der Waals surface area contributed by atoms with Crippen LogP contribution in [0.1, 0.15) is 31.0 Å². The number of amides is 1. The fraction of sp³-hybridized carbons (Fsp3) is 0.217. The molecule has 1 N–H and O–H groups in total. The molecule has 0 unspecified atom stereocenters. The van der Waals surface area contributed by atoms with E-state index in [1.54, 1.807) is 17.6 Å². The number of nitrogens with one attached hydrogen (secondary N) is 1. The van der Waals surface area contributed by atoms with Crippen LogP contribution in [-0.2, 0) is 9.59 Å². The zero-order valence-corrected chi connectivity index (χ0v) is 17.5. The van der Waals surface area contributed by atoms with Crippen molar-refractivity contribution in [2.45, 2.75) is 25.6 Å². The monoisotopic (exact) mass is 431 g/mol. The maximum Gasteiger partial charge on any atom is 0.271 e. The van der Waals surface area contributed by atoms with Crippen LogP contribution in [0.3, 0.4) is 0 Å². The number of rotatable bonds is 1. The standard InChI is InChI=1S/C23H17N3O4S/c1-11(27)17-18-13-8-4-6-10-15(13)30-23(17,2)25-22-26(18)21(29)19(31-22)16-12-7-3-5-9-14(12)24-20(16)28/h3-10,17-18H,1-2H3,(H,24,28)/b19-16-/t17-,18+,23-/m0/s1. The molecule has 0 spiro atoms. The number of ketones is 1. The van der Waals surface area contributed by atoms with Gasteiger partial charge < -0.3 is 10.1 Å². The average Bonchev–Trinajstić information content (AvgIpc) is 3.21. The number of para-hydroxylation sites is 2. The van der Waals surface area contributed by atoms with Gasteiger partial charge in [-0.15, -0.1) is 0 Å². The fourth-order valence-electron chi connectivity index (χ4n) is 4.95. The molecule has 1 aromatic heterocycles. The normalized spacial score (nSPS) is 26.7. The van der Waals surface area contributed by atoms with E-state index in [1.807, 2.05) is 42.5 Å². The molecular weight excluding hydrogens is 414 g/mol. The molecule has 8 heteroatoms. The van der Waals surface area contributed by atoms with E-state index in [0.29, 0.717) is 31.9 Å². The van der Waals surface area contributed by atoms with Crippen LogP contribution < -0.4 is 24.9 Å². The Balaban J connectivity index is 1.73. The number of ether oxygens (including phenoxy) is 1. The van der Waals surface area contributed by atoms with Crippen molar-refractivity contribution >= 4 is 34.3 Å². The van der Waals surface area contributed by atoms with E-state index in [2.05, 4.69) is 5.32 Å². The Labute approximate surface area is 180 Å². The number of anilines is 1. The third-order valence-corrected chi connectivity index (χ3v) is 7.25. The first-order valence-corrected chi connectivity index (χ1v) is 10.8. The summed E-state index contributed by atoms with van der Waals surface area (Å²) in [7, 11) is 0. The molecule has 0 saturated carbocycles. The summed E-state index contributed by atoms with van der Waals surface area (Å²) in [6.07, 6.45) is 0. The highest BCUT2D eigenvalue weighted by Crippen LogP contribution is 2.47. The highest BCUT2D eigenvalue weighted by Gasteiger charge is 2.53. The van der Waals surface area contributed by atoms with Gasteiger partial charge in [0, 0.05) is 16.8 Å². The lowest BCUT2D eigenvalue weighted by molar-refractivity contribution is -0.132. The number of fused-ring (bicyclic) bond motifs is 7. The Hall–Kier alpha value is -3.52. The number of nitrogens with zero attached hydrogens (tertiary/aromatic N) is 2. The molecule has 3 aliphatic heterocycles. The Kier molecular flexibility index (Phi) is 3.54. The second kappa shape index (κ2) is 6.01. The third kappa shape index (κ3) is 2.33. The Morgan fingerprint density at radius 3 is 2.71 bits per heavy atom. The summed E-state index contributed by atoms with van der Waals surface area (Å²) in [6, 6.07) is 14.2.